The molecule has 0 aromatic heterocycles. The molecule has 0 radical (unpaired) electrons. The molecule has 2 nitrogen and oxygen atoms in total. The van der Waals surface area contributed by atoms with E-state index in [0.29, 0.717) is 11.1 Å². The van der Waals surface area contributed by atoms with Crippen LogP contribution in [-0.2, 0) is 4.74 Å². The fraction of sp³-hybridized carbons (Fsp3) is 0.900. The highest BCUT2D eigenvalue weighted by Crippen LogP contribution is 2.03. The number of rotatable bonds is 8. The molecule has 0 aromatic carbocycles. The smallest absolute Gasteiger partial charge is 0.0727 e. The molecule has 0 heterocycles. The van der Waals surface area contributed by atoms with E-state index in [-0.39, 0.29) is 0 Å². The molecule has 0 saturated heterocycles. The maximum atomic E-state index is 5.58. The van der Waals surface area contributed by atoms with Gasteiger partial charge in [-0.25, -0.2) is 0 Å². The van der Waals surface area contributed by atoms with Crippen molar-refractivity contribution in [2.45, 2.75) is 52.1 Å². The molecule has 0 aliphatic heterocycles. The zero-order valence-corrected chi connectivity index (χ0v) is 9.53. The third kappa shape index (κ3) is 9.77. The maximum Gasteiger partial charge on any atom is 0.0727 e. The Kier molecular flexibility index (Phi) is 8.35. The quantitative estimate of drug-likeness (QED) is 0.486. The summed E-state index contributed by atoms with van der Waals surface area (Å²) in [6.07, 6.45) is 5.69. The van der Waals surface area contributed by atoms with E-state index in [4.69, 9.17) is 22.7 Å². The van der Waals surface area contributed by atoms with Gasteiger partial charge in [-0.05, 0) is 32.6 Å². The van der Waals surface area contributed by atoms with E-state index in [1.807, 2.05) is 0 Å². The Morgan fingerprint density at radius 3 is 2.69 bits per heavy atom. The van der Waals surface area contributed by atoms with Crippen LogP contribution in [0.2, 0.25) is 0 Å². The molecule has 0 aromatic rings. The molecule has 0 rings (SSSR count). The standard InChI is InChI=1S/C10H21NOS/c1-3-6-9(2)12-8-5-4-7-10(11)13/h9H,3-8H2,1-2H3,(H2,11,13). The molecule has 0 amide bonds. The SMILES string of the molecule is CCCC(C)OCCCCC(N)=S. The summed E-state index contributed by atoms with van der Waals surface area (Å²) in [6.45, 7) is 5.13. The Morgan fingerprint density at radius 2 is 2.15 bits per heavy atom. The predicted molar refractivity (Wildman–Crippen MR) is 61.0 cm³/mol. The maximum absolute atomic E-state index is 5.58. The van der Waals surface area contributed by atoms with Gasteiger partial charge in [0.25, 0.3) is 0 Å². The second-order valence-corrected chi connectivity index (χ2v) is 3.92. The zero-order valence-electron chi connectivity index (χ0n) is 8.71. The molecule has 0 saturated carbocycles. The van der Waals surface area contributed by atoms with Crippen LogP contribution in [0.4, 0.5) is 0 Å². The van der Waals surface area contributed by atoms with Crippen LogP contribution in [0.3, 0.4) is 0 Å². The summed E-state index contributed by atoms with van der Waals surface area (Å²) in [5.74, 6) is 0. The molecule has 0 spiro atoms. The summed E-state index contributed by atoms with van der Waals surface area (Å²) >= 11 is 4.78. The van der Waals surface area contributed by atoms with Gasteiger partial charge >= 0.3 is 0 Å². The number of ether oxygens (including phenoxy) is 1. The van der Waals surface area contributed by atoms with Gasteiger partial charge in [0.15, 0.2) is 0 Å². The number of hydrogen-bond acceptors (Lipinski definition) is 2. The van der Waals surface area contributed by atoms with E-state index in [1.165, 1.54) is 6.42 Å². The average molecular weight is 203 g/mol. The zero-order chi connectivity index (χ0) is 10.1. The lowest BCUT2D eigenvalue weighted by Crippen LogP contribution is -2.10. The lowest BCUT2D eigenvalue weighted by atomic mass is 10.2. The molecule has 0 aliphatic carbocycles. The van der Waals surface area contributed by atoms with Crippen LogP contribution in [0.5, 0.6) is 0 Å². The Morgan fingerprint density at radius 1 is 1.46 bits per heavy atom. The highest BCUT2D eigenvalue weighted by atomic mass is 32.1. The monoisotopic (exact) mass is 203 g/mol. The first-order valence-corrected chi connectivity index (χ1v) is 5.47. The van der Waals surface area contributed by atoms with Gasteiger partial charge in [-0.3, -0.25) is 0 Å². The van der Waals surface area contributed by atoms with Gasteiger partial charge in [0, 0.05) is 6.61 Å². The first-order valence-electron chi connectivity index (χ1n) is 5.06. The first-order chi connectivity index (χ1) is 6.16. The summed E-state index contributed by atoms with van der Waals surface area (Å²) < 4.78 is 5.58. The number of thiocarbonyl (C=S) groups is 1. The van der Waals surface area contributed by atoms with Gasteiger partial charge in [-0.2, -0.15) is 0 Å². The van der Waals surface area contributed by atoms with Crippen molar-refractivity contribution in [3.8, 4) is 0 Å². The molecular formula is C10H21NOS. The van der Waals surface area contributed by atoms with E-state index in [1.54, 1.807) is 0 Å². The van der Waals surface area contributed by atoms with E-state index < -0.39 is 0 Å². The van der Waals surface area contributed by atoms with Crippen molar-refractivity contribution in [2.75, 3.05) is 6.61 Å². The van der Waals surface area contributed by atoms with Gasteiger partial charge in [0.1, 0.15) is 0 Å². The van der Waals surface area contributed by atoms with Crippen LogP contribution in [0.25, 0.3) is 0 Å². The summed E-state index contributed by atoms with van der Waals surface area (Å²) in [5.41, 5.74) is 5.37. The summed E-state index contributed by atoms with van der Waals surface area (Å²) in [6, 6.07) is 0. The summed E-state index contributed by atoms with van der Waals surface area (Å²) in [7, 11) is 0. The van der Waals surface area contributed by atoms with Crippen molar-refractivity contribution in [1.82, 2.24) is 0 Å². The van der Waals surface area contributed by atoms with Gasteiger partial charge < -0.3 is 10.5 Å². The van der Waals surface area contributed by atoms with E-state index in [9.17, 15) is 0 Å². The second kappa shape index (κ2) is 8.45. The third-order valence-electron chi connectivity index (χ3n) is 1.92. The van der Waals surface area contributed by atoms with Gasteiger partial charge in [0.05, 0.1) is 11.1 Å². The number of unbranched alkanes of at least 4 members (excludes halogenated alkanes) is 1. The Balaban J connectivity index is 3.11. The van der Waals surface area contributed by atoms with Crippen LogP contribution in [0.15, 0.2) is 0 Å². The van der Waals surface area contributed by atoms with Crippen LogP contribution >= 0.6 is 12.2 Å². The summed E-state index contributed by atoms with van der Waals surface area (Å²) in [4.78, 5) is 0.613. The van der Waals surface area contributed by atoms with Crippen LogP contribution in [0, 0.1) is 0 Å². The molecule has 1 unspecified atom stereocenters. The lowest BCUT2D eigenvalue weighted by Gasteiger charge is -2.11. The molecule has 3 heteroatoms. The van der Waals surface area contributed by atoms with Crippen LogP contribution in [-0.4, -0.2) is 17.7 Å². The van der Waals surface area contributed by atoms with Gasteiger partial charge in [-0.1, -0.05) is 25.6 Å². The second-order valence-electron chi connectivity index (χ2n) is 3.39. The normalized spacial score (nSPS) is 12.8. The Hall–Kier alpha value is -0.150. The topological polar surface area (TPSA) is 35.2 Å². The van der Waals surface area contributed by atoms with E-state index in [0.717, 1.165) is 32.3 Å². The fourth-order valence-corrected chi connectivity index (χ4v) is 1.32. The minimum atomic E-state index is 0.398. The Bertz CT molecular complexity index is 139. The molecule has 2 N–H and O–H groups in total. The van der Waals surface area contributed by atoms with Crippen molar-refractivity contribution in [3.63, 3.8) is 0 Å². The minimum Gasteiger partial charge on any atom is -0.393 e. The number of nitrogens with two attached hydrogens (primary N) is 1. The Labute approximate surface area is 86.8 Å². The average Bonchev–Trinajstić information content (AvgIpc) is 2.03. The predicted octanol–water partition coefficient (Wildman–Crippen LogP) is 2.65. The molecule has 78 valence electrons. The van der Waals surface area contributed by atoms with Crippen molar-refractivity contribution in [3.05, 3.63) is 0 Å². The van der Waals surface area contributed by atoms with E-state index >= 15 is 0 Å². The van der Waals surface area contributed by atoms with Crippen molar-refractivity contribution in [1.29, 1.82) is 0 Å². The van der Waals surface area contributed by atoms with Crippen molar-refractivity contribution >= 4 is 17.2 Å². The largest absolute Gasteiger partial charge is 0.393 e. The highest BCUT2D eigenvalue weighted by Gasteiger charge is 1.99. The molecule has 13 heavy (non-hydrogen) atoms. The van der Waals surface area contributed by atoms with Crippen LogP contribution < -0.4 is 5.73 Å². The van der Waals surface area contributed by atoms with E-state index in [2.05, 4.69) is 13.8 Å². The molecule has 0 aliphatic rings. The lowest BCUT2D eigenvalue weighted by molar-refractivity contribution is 0.0576. The fourth-order valence-electron chi connectivity index (χ4n) is 1.18. The molecule has 0 bridgehead atoms. The van der Waals surface area contributed by atoms with Gasteiger partial charge in [-0.15, -0.1) is 0 Å². The molecule has 1 atom stereocenters. The molecule has 0 fully saturated rings. The van der Waals surface area contributed by atoms with Crippen LogP contribution in [0.1, 0.15) is 46.0 Å². The molecular weight excluding hydrogens is 182 g/mol. The summed E-state index contributed by atoms with van der Waals surface area (Å²) in [5, 5.41) is 0. The van der Waals surface area contributed by atoms with Crippen molar-refractivity contribution in [2.24, 2.45) is 5.73 Å². The van der Waals surface area contributed by atoms with Crippen molar-refractivity contribution < 1.29 is 4.74 Å². The number of hydrogen-bond donors (Lipinski definition) is 1. The minimum absolute atomic E-state index is 0.398. The first kappa shape index (κ1) is 12.8. The van der Waals surface area contributed by atoms with Gasteiger partial charge in [0.2, 0.25) is 0 Å². The third-order valence-corrected chi connectivity index (χ3v) is 2.12. The highest BCUT2D eigenvalue weighted by molar-refractivity contribution is 7.80.